The summed E-state index contributed by atoms with van der Waals surface area (Å²) in [7, 11) is 0.241. The zero-order valence-corrected chi connectivity index (χ0v) is 7.18. The molecule has 0 unspecified atom stereocenters. The lowest BCUT2D eigenvalue weighted by molar-refractivity contribution is -0.120. The minimum atomic E-state index is -0.706. The third-order valence-electron chi connectivity index (χ3n) is 1.41. The van der Waals surface area contributed by atoms with Crippen LogP contribution < -0.4 is 11.5 Å². The minimum Gasteiger partial charge on any atom is -0.370 e. The van der Waals surface area contributed by atoms with Gasteiger partial charge in [-0.3, -0.25) is 9.59 Å². The number of primary amides is 2. The topological polar surface area (TPSA) is 86.2 Å². The Bertz CT molecular complexity index is 262. The van der Waals surface area contributed by atoms with Crippen LogP contribution in [0.2, 0.25) is 5.31 Å². The molecule has 5 heteroatoms. The molecule has 0 aliphatic carbocycles. The average Bonchev–Trinajstić information content (AvgIpc) is 1.85. The first-order chi connectivity index (χ1) is 5.36. The molecule has 0 fully saturated rings. The van der Waals surface area contributed by atoms with E-state index in [0.717, 1.165) is 0 Å². The summed E-state index contributed by atoms with van der Waals surface area (Å²) in [6.45, 7) is 3.32. The number of nitrogens with two attached hydrogens (primary N) is 2. The molecule has 0 aromatic heterocycles. The predicted molar refractivity (Wildman–Crippen MR) is 47.4 cm³/mol. The number of carbonyl (C=O) groups is 2. The Morgan fingerprint density at radius 1 is 1.33 bits per heavy atom. The van der Waals surface area contributed by atoms with Crippen molar-refractivity contribution in [1.29, 1.82) is 0 Å². The summed E-state index contributed by atoms with van der Waals surface area (Å²) in [6, 6.07) is 0. The van der Waals surface area contributed by atoms with Crippen molar-refractivity contribution in [2.24, 2.45) is 11.5 Å². The Morgan fingerprint density at radius 2 is 1.83 bits per heavy atom. The summed E-state index contributed by atoms with van der Waals surface area (Å²) in [5.41, 5.74) is 9.83. The van der Waals surface area contributed by atoms with Crippen LogP contribution in [0, 0.1) is 11.7 Å². The zero-order valence-electron chi connectivity index (χ0n) is 7.18. The fraction of sp³-hybridized carbons (Fsp3) is 0.429. The molecular formula is C7H11BN2O2. The van der Waals surface area contributed by atoms with Crippen molar-refractivity contribution >= 4 is 19.1 Å². The summed E-state index contributed by atoms with van der Waals surface area (Å²) in [5, 5.41) is -0.706. The molecule has 0 aromatic rings. The van der Waals surface area contributed by atoms with Crippen LogP contribution in [0.15, 0.2) is 0 Å². The first-order valence-corrected chi connectivity index (χ1v) is 3.44. The summed E-state index contributed by atoms with van der Waals surface area (Å²) >= 11 is 0. The molecule has 4 N–H and O–H groups in total. The number of hydrogen-bond donors (Lipinski definition) is 2. The van der Waals surface area contributed by atoms with Gasteiger partial charge < -0.3 is 11.5 Å². The lowest BCUT2D eigenvalue weighted by Gasteiger charge is -2.14. The molecule has 4 nitrogen and oxygen atoms in total. The van der Waals surface area contributed by atoms with Gasteiger partial charge in [-0.2, -0.15) is 0 Å². The lowest BCUT2D eigenvalue weighted by Crippen LogP contribution is -2.30. The largest absolute Gasteiger partial charge is 0.370 e. The molecule has 0 spiro atoms. The standard InChI is InChI=1S/C7H11BN2O2/c1-7(2,6(10)12)8-4-3-5(9)11/h8H,1-2H3,(H2,9,11)(H2,10,12). The number of amides is 2. The normalized spacial score (nSPS) is 9.50. The van der Waals surface area contributed by atoms with Gasteiger partial charge in [-0.25, -0.2) is 0 Å². The molecule has 0 saturated heterocycles. The predicted octanol–water partition coefficient (Wildman–Crippen LogP) is -1.45. The highest BCUT2D eigenvalue weighted by molar-refractivity contribution is 6.55. The van der Waals surface area contributed by atoms with E-state index in [-0.39, 0.29) is 7.28 Å². The van der Waals surface area contributed by atoms with E-state index in [1.807, 2.05) is 0 Å². The number of rotatable bonds is 2. The van der Waals surface area contributed by atoms with Gasteiger partial charge in [-0.15, -0.1) is 5.82 Å². The molecule has 0 aliphatic heterocycles. The van der Waals surface area contributed by atoms with E-state index in [9.17, 15) is 9.59 Å². The molecule has 64 valence electrons. The third kappa shape index (κ3) is 3.66. The van der Waals surface area contributed by atoms with E-state index in [1.54, 1.807) is 13.8 Å². The van der Waals surface area contributed by atoms with Gasteiger partial charge in [0, 0.05) is 5.31 Å². The third-order valence-corrected chi connectivity index (χ3v) is 1.41. The molecule has 0 atom stereocenters. The maximum absolute atomic E-state index is 10.7. The second kappa shape index (κ2) is 3.81. The van der Waals surface area contributed by atoms with Gasteiger partial charge in [0.05, 0.1) is 0 Å². The first kappa shape index (κ1) is 10.6. The van der Waals surface area contributed by atoms with Crippen LogP contribution in [0.3, 0.4) is 0 Å². The maximum atomic E-state index is 10.7. The van der Waals surface area contributed by atoms with Crippen molar-refractivity contribution < 1.29 is 9.59 Å². The fourth-order valence-electron chi connectivity index (χ4n) is 0.439. The Hall–Kier alpha value is -1.44. The van der Waals surface area contributed by atoms with Crippen LogP contribution in [0.4, 0.5) is 0 Å². The van der Waals surface area contributed by atoms with E-state index in [2.05, 4.69) is 11.7 Å². The second-order valence-corrected chi connectivity index (χ2v) is 3.09. The van der Waals surface area contributed by atoms with Crippen molar-refractivity contribution in [3.63, 3.8) is 0 Å². The highest BCUT2D eigenvalue weighted by Crippen LogP contribution is 2.19. The summed E-state index contributed by atoms with van der Waals surface area (Å²) in [5.74, 6) is 3.48. The Balaban J connectivity index is 4.21. The van der Waals surface area contributed by atoms with E-state index in [0.29, 0.717) is 0 Å². The summed E-state index contributed by atoms with van der Waals surface area (Å²) < 4.78 is 0. The molecule has 2 amide bonds. The van der Waals surface area contributed by atoms with Gasteiger partial charge in [-0.1, -0.05) is 13.8 Å². The van der Waals surface area contributed by atoms with Crippen molar-refractivity contribution in [2.45, 2.75) is 19.2 Å². The fourth-order valence-corrected chi connectivity index (χ4v) is 0.439. The molecule has 0 bridgehead atoms. The highest BCUT2D eigenvalue weighted by Gasteiger charge is 2.24. The van der Waals surface area contributed by atoms with Crippen LogP contribution in [-0.4, -0.2) is 19.1 Å². The van der Waals surface area contributed by atoms with E-state index < -0.39 is 17.1 Å². The SMILES string of the molecule is CC(C)(BC#CC(N)=O)C(N)=O. The van der Waals surface area contributed by atoms with Gasteiger partial charge in [0.25, 0.3) is 5.91 Å². The van der Waals surface area contributed by atoms with Crippen LogP contribution in [0.1, 0.15) is 13.8 Å². The Labute approximate surface area is 71.9 Å². The van der Waals surface area contributed by atoms with Crippen LogP contribution in [0.25, 0.3) is 0 Å². The van der Waals surface area contributed by atoms with E-state index in [1.165, 1.54) is 0 Å². The lowest BCUT2D eigenvalue weighted by atomic mass is 9.54. The summed E-state index contributed by atoms with van der Waals surface area (Å²) in [4.78, 5) is 20.9. The van der Waals surface area contributed by atoms with Crippen molar-refractivity contribution in [2.75, 3.05) is 0 Å². The van der Waals surface area contributed by atoms with Crippen molar-refractivity contribution in [1.82, 2.24) is 0 Å². The van der Waals surface area contributed by atoms with Crippen molar-refractivity contribution in [3.8, 4) is 11.7 Å². The highest BCUT2D eigenvalue weighted by atomic mass is 16.1. The molecule has 0 aliphatic rings. The van der Waals surface area contributed by atoms with Crippen LogP contribution >= 0.6 is 0 Å². The number of carbonyl (C=O) groups excluding carboxylic acids is 2. The molecule has 12 heavy (non-hydrogen) atoms. The van der Waals surface area contributed by atoms with Crippen molar-refractivity contribution in [3.05, 3.63) is 0 Å². The van der Waals surface area contributed by atoms with E-state index in [4.69, 9.17) is 11.5 Å². The summed E-state index contributed by atoms with van der Waals surface area (Å²) in [6.07, 6.45) is 0. The quantitative estimate of drug-likeness (QED) is 0.388. The molecule has 0 aromatic carbocycles. The maximum Gasteiger partial charge on any atom is 0.292 e. The van der Waals surface area contributed by atoms with Gasteiger partial charge in [0.1, 0.15) is 0 Å². The van der Waals surface area contributed by atoms with E-state index >= 15 is 0 Å². The van der Waals surface area contributed by atoms with Crippen LogP contribution in [-0.2, 0) is 9.59 Å². The first-order valence-electron chi connectivity index (χ1n) is 3.44. The van der Waals surface area contributed by atoms with Gasteiger partial charge in [0.15, 0.2) is 0 Å². The van der Waals surface area contributed by atoms with Gasteiger partial charge >= 0.3 is 0 Å². The van der Waals surface area contributed by atoms with Gasteiger partial charge in [-0.05, 0) is 5.92 Å². The Morgan fingerprint density at radius 3 is 2.17 bits per heavy atom. The molecule has 0 rings (SSSR count). The average molecular weight is 166 g/mol. The monoisotopic (exact) mass is 166 g/mol. The Kier molecular flexibility index (Phi) is 3.36. The molecule has 0 saturated carbocycles. The van der Waals surface area contributed by atoms with Gasteiger partial charge in [0.2, 0.25) is 13.2 Å². The molecule has 0 heterocycles. The smallest absolute Gasteiger partial charge is 0.292 e. The number of hydrogen-bond acceptors (Lipinski definition) is 2. The molecular weight excluding hydrogens is 155 g/mol. The zero-order chi connectivity index (χ0) is 9.78. The van der Waals surface area contributed by atoms with Crippen LogP contribution in [0.5, 0.6) is 0 Å². The molecule has 0 radical (unpaired) electrons. The second-order valence-electron chi connectivity index (χ2n) is 3.09. The minimum absolute atomic E-state index is 0.241.